The number of benzene rings is 1. The number of ketones is 1. The van der Waals surface area contributed by atoms with Crippen LogP contribution in [0.4, 0.5) is 5.00 Å². The van der Waals surface area contributed by atoms with Gasteiger partial charge in [0.15, 0.2) is 5.78 Å². The van der Waals surface area contributed by atoms with E-state index in [1.54, 1.807) is 52.0 Å². The summed E-state index contributed by atoms with van der Waals surface area (Å²) >= 11 is 7.16. The number of nitrogens with two attached hydrogens (primary N) is 1. The van der Waals surface area contributed by atoms with E-state index in [1.165, 1.54) is 11.3 Å². The molecule has 0 bridgehead atoms. The molecule has 0 fully saturated rings. The number of thiophene rings is 1. The Balaban J connectivity index is 2.38. The SMILES string of the molecule is Cc1sc(NC(=O)C(N)[C@@H](C(=O)O)C(C)(C)C)c(C(=O)c2ccc(Cl)cc2)c1C. The number of anilines is 1. The van der Waals surface area contributed by atoms with Crippen LogP contribution >= 0.6 is 22.9 Å². The third kappa shape index (κ3) is 5.04. The quantitative estimate of drug-likeness (QED) is 0.586. The molecular formula is C21H25ClN2O4S. The van der Waals surface area contributed by atoms with Gasteiger partial charge in [-0.25, -0.2) is 0 Å². The zero-order valence-corrected chi connectivity index (χ0v) is 18.6. The van der Waals surface area contributed by atoms with Crippen LogP contribution in [0.15, 0.2) is 24.3 Å². The van der Waals surface area contributed by atoms with Gasteiger partial charge in [0.25, 0.3) is 0 Å². The van der Waals surface area contributed by atoms with E-state index in [0.29, 0.717) is 21.2 Å². The molecule has 4 N–H and O–H groups in total. The van der Waals surface area contributed by atoms with Crippen molar-refractivity contribution in [2.45, 2.75) is 40.7 Å². The second-order valence-electron chi connectivity index (χ2n) is 8.02. The molecule has 2 atom stereocenters. The summed E-state index contributed by atoms with van der Waals surface area (Å²) in [6.07, 6.45) is 0. The highest BCUT2D eigenvalue weighted by Crippen LogP contribution is 2.35. The van der Waals surface area contributed by atoms with Gasteiger partial charge in [-0.15, -0.1) is 11.3 Å². The van der Waals surface area contributed by atoms with E-state index < -0.39 is 29.3 Å². The van der Waals surface area contributed by atoms with Crippen LogP contribution in [-0.4, -0.2) is 28.8 Å². The fourth-order valence-electron chi connectivity index (χ4n) is 3.14. The highest BCUT2D eigenvalue weighted by molar-refractivity contribution is 7.16. The molecule has 8 heteroatoms. The fourth-order valence-corrected chi connectivity index (χ4v) is 4.33. The molecule has 0 radical (unpaired) electrons. The minimum atomic E-state index is -1.27. The van der Waals surface area contributed by atoms with Gasteiger partial charge < -0.3 is 16.2 Å². The van der Waals surface area contributed by atoms with Gasteiger partial charge in [0.1, 0.15) is 5.00 Å². The van der Waals surface area contributed by atoms with Crippen LogP contribution in [0.5, 0.6) is 0 Å². The van der Waals surface area contributed by atoms with Crippen molar-refractivity contribution >= 4 is 45.6 Å². The second-order valence-corrected chi connectivity index (χ2v) is 9.68. The molecule has 0 saturated heterocycles. The molecule has 6 nitrogen and oxygen atoms in total. The zero-order valence-electron chi connectivity index (χ0n) is 17.0. The van der Waals surface area contributed by atoms with E-state index in [2.05, 4.69) is 5.32 Å². The standard InChI is InChI=1S/C21H25ClN2O4S/c1-10-11(2)29-19(14(10)17(25)12-6-8-13(22)9-7-12)24-18(26)16(23)15(20(27)28)21(3,4)5/h6-9,15-16H,23H2,1-5H3,(H,24,26)(H,27,28)/t15-,16?/m0/s1. The van der Waals surface area contributed by atoms with Crippen molar-refractivity contribution in [3.8, 4) is 0 Å². The third-order valence-electron chi connectivity index (χ3n) is 4.82. The van der Waals surface area contributed by atoms with Gasteiger partial charge in [-0.1, -0.05) is 32.4 Å². The average molecular weight is 437 g/mol. The number of rotatable bonds is 6. The summed E-state index contributed by atoms with van der Waals surface area (Å²) in [5.74, 6) is -3.12. The summed E-state index contributed by atoms with van der Waals surface area (Å²) in [6, 6.07) is 5.22. The number of aliphatic carboxylic acids is 1. The van der Waals surface area contributed by atoms with Gasteiger partial charge in [0, 0.05) is 15.5 Å². The topological polar surface area (TPSA) is 109 Å². The molecule has 0 aliphatic heterocycles. The van der Waals surface area contributed by atoms with E-state index in [9.17, 15) is 19.5 Å². The first-order valence-electron chi connectivity index (χ1n) is 9.04. The highest BCUT2D eigenvalue weighted by Gasteiger charge is 2.40. The lowest BCUT2D eigenvalue weighted by molar-refractivity contribution is -0.148. The summed E-state index contributed by atoms with van der Waals surface area (Å²) in [4.78, 5) is 38.4. The monoisotopic (exact) mass is 436 g/mol. The van der Waals surface area contributed by atoms with Crippen LogP contribution in [0.1, 0.15) is 47.1 Å². The first-order valence-corrected chi connectivity index (χ1v) is 10.2. The summed E-state index contributed by atoms with van der Waals surface area (Å²) < 4.78 is 0. The predicted octanol–water partition coefficient (Wildman–Crippen LogP) is 4.26. The van der Waals surface area contributed by atoms with Crippen molar-refractivity contribution in [1.29, 1.82) is 0 Å². The summed E-state index contributed by atoms with van der Waals surface area (Å²) in [7, 11) is 0. The smallest absolute Gasteiger partial charge is 0.309 e. The van der Waals surface area contributed by atoms with Gasteiger partial charge >= 0.3 is 5.97 Å². The maximum Gasteiger partial charge on any atom is 0.309 e. The number of amides is 1. The van der Waals surface area contributed by atoms with E-state index in [1.807, 2.05) is 6.92 Å². The van der Waals surface area contributed by atoms with Gasteiger partial charge in [-0.3, -0.25) is 14.4 Å². The van der Waals surface area contributed by atoms with E-state index in [4.69, 9.17) is 17.3 Å². The van der Waals surface area contributed by atoms with Gasteiger partial charge in [-0.2, -0.15) is 0 Å². The van der Waals surface area contributed by atoms with Gasteiger partial charge in [0.05, 0.1) is 17.5 Å². The Labute approximate surface area is 179 Å². The largest absolute Gasteiger partial charge is 0.481 e. The Bertz CT molecular complexity index is 945. The molecule has 156 valence electrons. The van der Waals surface area contributed by atoms with Crippen LogP contribution < -0.4 is 11.1 Å². The summed E-state index contributed by atoms with van der Waals surface area (Å²) in [6.45, 7) is 8.80. The Morgan fingerprint density at radius 2 is 1.69 bits per heavy atom. The second kappa shape index (κ2) is 8.65. The van der Waals surface area contributed by atoms with E-state index in [-0.39, 0.29) is 5.78 Å². The maximum atomic E-state index is 13.1. The Hall–Kier alpha value is -2.22. The fraction of sp³-hybridized carbons (Fsp3) is 0.381. The number of carboxylic acid groups (broad SMARTS) is 1. The van der Waals surface area contributed by atoms with Crippen molar-refractivity contribution in [2.75, 3.05) is 5.32 Å². The number of carbonyl (C=O) groups is 3. The third-order valence-corrected chi connectivity index (χ3v) is 6.19. The molecular weight excluding hydrogens is 412 g/mol. The molecule has 1 aromatic carbocycles. The number of halogens is 1. The Kier molecular flexibility index (Phi) is 6.88. The molecule has 0 aliphatic rings. The van der Waals surface area contributed by atoms with Crippen LogP contribution in [0.25, 0.3) is 0 Å². The summed E-state index contributed by atoms with van der Waals surface area (Å²) in [5.41, 5.74) is 6.86. The Morgan fingerprint density at radius 1 is 1.14 bits per heavy atom. The molecule has 0 spiro atoms. The van der Waals surface area contributed by atoms with Crippen LogP contribution in [-0.2, 0) is 9.59 Å². The minimum absolute atomic E-state index is 0.252. The minimum Gasteiger partial charge on any atom is -0.481 e. The zero-order chi connectivity index (χ0) is 22.1. The molecule has 1 aromatic heterocycles. The van der Waals surface area contributed by atoms with Crippen LogP contribution in [0.3, 0.4) is 0 Å². The molecule has 29 heavy (non-hydrogen) atoms. The van der Waals surface area contributed by atoms with Crippen molar-refractivity contribution < 1.29 is 19.5 Å². The van der Waals surface area contributed by atoms with Crippen molar-refractivity contribution in [1.82, 2.24) is 0 Å². The first kappa shape index (κ1) is 23.1. The molecule has 2 aromatic rings. The van der Waals surface area contributed by atoms with Gasteiger partial charge in [0.2, 0.25) is 5.91 Å². The molecule has 0 aliphatic carbocycles. The number of carbonyl (C=O) groups excluding carboxylic acids is 2. The summed E-state index contributed by atoms with van der Waals surface area (Å²) in [5, 5.41) is 13.1. The highest BCUT2D eigenvalue weighted by atomic mass is 35.5. The molecule has 1 amide bonds. The molecule has 0 saturated carbocycles. The first-order chi connectivity index (χ1) is 13.3. The number of aryl methyl sites for hydroxylation is 1. The maximum absolute atomic E-state index is 13.1. The molecule has 1 heterocycles. The van der Waals surface area contributed by atoms with Crippen LogP contribution in [0, 0.1) is 25.2 Å². The lowest BCUT2D eigenvalue weighted by Crippen LogP contribution is -2.50. The van der Waals surface area contributed by atoms with Crippen molar-refractivity contribution in [2.24, 2.45) is 17.1 Å². The number of hydrogen-bond donors (Lipinski definition) is 3. The van der Waals surface area contributed by atoms with Crippen molar-refractivity contribution in [3.63, 3.8) is 0 Å². The number of hydrogen-bond acceptors (Lipinski definition) is 5. The van der Waals surface area contributed by atoms with Crippen LogP contribution in [0.2, 0.25) is 5.02 Å². The predicted molar refractivity (Wildman–Crippen MR) is 116 cm³/mol. The lowest BCUT2D eigenvalue weighted by Gasteiger charge is -2.30. The molecule has 1 unspecified atom stereocenters. The number of nitrogens with one attached hydrogen (secondary N) is 1. The normalized spacial score (nSPS) is 13.6. The van der Waals surface area contributed by atoms with Gasteiger partial charge in [-0.05, 0) is 49.1 Å². The lowest BCUT2D eigenvalue weighted by atomic mass is 9.76. The Morgan fingerprint density at radius 3 is 2.17 bits per heavy atom. The molecule has 2 rings (SSSR count). The number of carboxylic acids is 1. The van der Waals surface area contributed by atoms with Crippen molar-refractivity contribution in [3.05, 3.63) is 50.9 Å². The van der Waals surface area contributed by atoms with E-state index >= 15 is 0 Å². The van der Waals surface area contributed by atoms with E-state index in [0.717, 1.165) is 10.4 Å². The average Bonchev–Trinajstić information content (AvgIpc) is 2.87.